The van der Waals surface area contributed by atoms with Gasteiger partial charge in [0, 0.05) is 6.08 Å². The van der Waals surface area contributed by atoms with Crippen LogP contribution in [0.1, 0.15) is 57.1 Å². The average Bonchev–Trinajstić information content (AvgIpc) is 2.53. The van der Waals surface area contributed by atoms with Gasteiger partial charge in [-0.25, -0.2) is 4.79 Å². The van der Waals surface area contributed by atoms with Crippen LogP contribution in [0.4, 0.5) is 0 Å². The molecule has 0 unspecified atom stereocenters. The summed E-state index contributed by atoms with van der Waals surface area (Å²) in [5.74, 6) is 0.907. The van der Waals surface area contributed by atoms with Crippen molar-refractivity contribution in [3.63, 3.8) is 0 Å². The fraction of sp³-hybridized carbons (Fsp3) is 0.550. The highest BCUT2D eigenvalue weighted by Gasteiger charge is 2.20. The summed E-state index contributed by atoms with van der Waals surface area (Å²) in [6.07, 6.45) is 8.99. The van der Waals surface area contributed by atoms with E-state index in [1.807, 2.05) is 0 Å². The molecule has 1 saturated carbocycles. The molecule has 0 aromatic heterocycles. The number of rotatable bonds is 5. The molecule has 22 heavy (non-hydrogen) atoms. The number of ether oxygens (including phenoxy) is 1. The summed E-state index contributed by atoms with van der Waals surface area (Å²) in [5.41, 5.74) is 3.69. The molecule has 2 nitrogen and oxygen atoms in total. The zero-order valence-electron chi connectivity index (χ0n) is 14.1. The lowest BCUT2D eigenvalue weighted by Crippen LogP contribution is -2.11. The quantitative estimate of drug-likeness (QED) is 0.563. The van der Waals surface area contributed by atoms with Gasteiger partial charge in [0.1, 0.15) is 0 Å². The minimum Gasteiger partial charge on any atom is -0.466 e. The second-order valence-electron chi connectivity index (χ2n) is 6.75. The van der Waals surface area contributed by atoms with E-state index in [4.69, 9.17) is 4.74 Å². The van der Waals surface area contributed by atoms with Crippen LogP contribution in [0.5, 0.6) is 0 Å². The van der Waals surface area contributed by atoms with E-state index in [1.165, 1.54) is 50.3 Å². The van der Waals surface area contributed by atoms with Gasteiger partial charge in [0.25, 0.3) is 0 Å². The van der Waals surface area contributed by atoms with Gasteiger partial charge < -0.3 is 4.74 Å². The molecule has 1 aromatic carbocycles. The topological polar surface area (TPSA) is 26.3 Å². The molecule has 1 aliphatic carbocycles. The van der Waals surface area contributed by atoms with Gasteiger partial charge >= 0.3 is 5.97 Å². The number of esters is 1. The van der Waals surface area contributed by atoms with Gasteiger partial charge in [0.2, 0.25) is 0 Å². The van der Waals surface area contributed by atoms with E-state index in [2.05, 4.69) is 38.1 Å². The zero-order chi connectivity index (χ0) is 15.9. The molecule has 0 radical (unpaired) electrons. The van der Waals surface area contributed by atoms with Crippen molar-refractivity contribution in [2.75, 3.05) is 7.11 Å². The van der Waals surface area contributed by atoms with Crippen molar-refractivity contribution in [1.82, 2.24) is 0 Å². The minimum absolute atomic E-state index is 0.244. The molecule has 0 N–H and O–H groups in total. The van der Waals surface area contributed by atoms with Gasteiger partial charge in [-0.15, -0.1) is 0 Å². The molecule has 0 heterocycles. The smallest absolute Gasteiger partial charge is 0.330 e. The molecule has 0 saturated heterocycles. The van der Waals surface area contributed by atoms with Crippen molar-refractivity contribution in [2.45, 2.75) is 52.4 Å². The summed E-state index contributed by atoms with van der Waals surface area (Å²) in [4.78, 5) is 11.8. The molecule has 2 heteroatoms. The molecule has 0 atom stereocenters. The molecule has 0 spiro atoms. The van der Waals surface area contributed by atoms with Crippen LogP contribution in [0, 0.1) is 11.8 Å². The summed E-state index contributed by atoms with van der Waals surface area (Å²) in [6, 6.07) is 8.73. The zero-order valence-corrected chi connectivity index (χ0v) is 14.1. The first-order valence-electron chi connectivity index (χ1n) is 8.49. The van der Waals surface area contributed by atoms with Gasteiger partial charge in [0.05, 0.1) is 7.11 Å². The third kappa shape index (κ3) is 4.72. The number of methoxy groups -OCH3 is 1. The lowest BCUT2D eigenvalue weighted by molar-refractivity contribution is -0.134. The van der Waals surface area contributed by atoms with E-state index in [0.717, 1.165) is 12.0 Å². The normalized spacial score (nSPS) is 16.8. The number of hydrogen-bond acceptors (Lipinski definition) is 2. The summed E-state index contributed by atoms with van der Waals surface area (Å²) in [7, 11) is 1.45. The molecular formula is C20H28O2. The highest BCUT2D eigenvalue weighted by molar-refractivity contribution is 5.91. The summed E-state index contributed by atoms with van der Waals surface area (Å²) in [5, 5.41) is 0. The summed E-state index contributed by atoms with van der Waals surface area (Å²) in [6.45, 7) is 4.47. The van der Waals surface area contributed by atoms with E-state index in [9.17, 15) is 4.79 Å². The van der Waals surface area contributed by atoms with Crippen molar-refractivity contribution >= 4 is 11.5 Å². The molecular weight excluding hydrogens is 272 g/mol. The van der Waals surface area contributed by atoms with Gasteiger partial charge in [0.15, 0.2) is 0 Å². The molecule has 1 aromatic rings. The highest BCUT2D eigenvalue weighted by atomic mass is 16.5. The SMILES string of the molecule is COC(=O)C=C(c1ccc(CC(C)C)cc1)C1CCCCC1. The standard InChI is InChI=1S/C20H28O2/c1-15(2)13-16-9-11-18(12-10-16)19(14-20(21)22-3)17-7-5-4-6-8-17/h9-12,14-15,17H,4-8,13H2,1-3H3. The predicted octanol–water partition coefficient (Wildman–Crippen LogP) is 5.02. The minimum atomic E-state index is -0.244. The van der Waals surface area contributed by atoms with Gasteiger partial charge in [-0.2, -0.15) is 0 Å². The fourth-order valence-corrected chi connectivity index (χ4v) is 3.34. The molecule has 1 aliphatic rings. The van der Waals surface area contributed by atoms with Crippen molar-refractivity contribution in [3.8, 4) is 0 Å². The number of allylic oxidation sites excluding steroid dienone is 1. The maximum absolute atomic E-state index is 11.8. The average molecular weight is 300 g/mol. The number of hydrogen-bond donors (Lipinski definition) is 0. The van der Waals surface area contributed by atoms with Crippen LogP contribution in [0.25, 0.3) is 5.57 Å². The van der Waals surface area contributed by atoms with Crippen LogP contribution in [-0.2, 0) is 16.0 Å². The Labute approximate surface area is 134 Å². The number of carbonyl (C=O) groups is 1. The van der Waals surface area contributed by atoms with Crippen molar-refractivity contribution in [3.05, 3.63) is 41.5 Å². The molecule has 120 valence electrons. The molecule has 0 aliphatic heterocycles. The Morgan fingerprint density at radius 2 is 1.82 bits per heavy atom. The van der Waals surface area contributed by atoms with Gasteiger partial charge in [-0.3, -0.25) is 0 Å². The third-order valence-corrected chi connectivity index (χ3v) is 4.45. The van der Waals surface area contributed by atoms with Crippen LogP contribution < -0.4 is 0 Å². The van der Waals surface area contributed by atoms with E-state index < -0.39 is 0 Å². The summed E-state index contributed by atoms with van der Waals surface area (Å²) >= 11 is 0. The monoisotopic (exact) mass is 300 g/mol. The first-order chi connectivity index (χ1) is 10.6. The highest BCUT2D eigenvalue weighted by Crippen LogP contribution is 2.35. The lowest BCUT2D eigenvalue weighted by Gasteiger charge is -2.25. The van der Waals surface area contributed by atoms with Gasteiger partial charge in [-0.05, 0) is 47.8 Å². The first-order valence-corrected chi connectivity index (χ1v) is 8.49. The molecule has 0 amide bonds. The molecule has 2 rings (SSSR count). The largest absolute Gasteiger partial charge is 0.466 e. The molecule has 1 fully saturated rings. The summed E-state index contributed by atoms with van der Waals surface area (Å²) < 4.78 is 4.85. The van der Waals surface area contributed by atoms with E-state index in [1.54, 1.807) is 6.08 Å². The lowest BCUT2D eigenvalue weighted by atomic mass is 9.80. The van der Waals surface area contributed by atoms with Crippen molar-refractivity contribution in [2.24, 2.45) is 11.8 Å². The Morgan fingerprint density at radius 1 is 1.18 bits per heavy atom. The second-order valence-corrected chi connectivity index (χ2v) is 6.75. The van der Waals surface area contributed by atoms with E-state index in [-0.39, 0.29) is 5.97 Å². The van der Waals surface area contributed by atoms with E-state index >= 15 is 0 Å². The number of carbonyl (C=O) groups excluding carboxylic acids is 1. The maximum atomic E-state index is 11.8. The van der Waals surface area contributed by atoms with Crippen molar-refractivity contribution in [1.29, 1.82) is 0 Å². The van der Waals surface area contributed by atoms with Gasteiger partial charge in [-0.1, -0.05) is 57.4 Å². The van der Waals surface area contributed by atoms with Crippen LogP contribution in [-0.4, -0.2) is 13.1 Å². The molecule has 0 bridgehead atoms. The van der Waals surface area contributed by atoms with Crippen LogP contribution in [0.3, 0.4) is 0 Å². The first kappa shape index (κ1) is 16.8. The van der Waals surface area contributed by atoms with Crippen LogP contribution in [0.15, 0.2) is 30.3 Å². The van der Waals surface area contributed by atoms with Crippen LogP contribution >= 0.6 is 0 Å². The predicted molar refractivity (Wildman–Crippen MR) is 91.6 cm³/mol. The number of benzene rings is 1. The Kier molecular flexibility index (Phi) is 6.23. The Bertz CT molecular complexity index is 505. The third-order valence-electron chi connectivity index (χ3n) is 4.45. The van der Waals surface area contributed by atoms with Crippen LogP contribution in [0.2, 0.25) is 0 Å². The van der Waals surface area contributed by atoms with Crippen molar-refractivity contribution < 1.29 is 9.53 Å². The Balaban J connectivity index is 2.24. The Morgan fingerprint density at radius 3 is 2.36 bits per heavy atom. The maximum Gasteiger partial charge on any atom is 0.330 e. The van der Waals surface area contributed by atoms with E-state index in [0.29, 0.717) is 11.8 Å². The second kappa shape index (κ2) is 8.17. The fourth-order valence-electron chi connectivity index (χ4n) is 3.34. The Hall–Kier alpha value is -1.57.